The highest BCUT2D eigenvalue weighted by atomic mass is 16.6. The Balaban J connectivity index is 2.49. The minimum absolute atomic E-state index is 0.0446. The van der Waals surface area contributed by atoms with Crippen molar-refractivity contribution in [2.75, 3.05) is 6.61 Å². The van der Waals surface area contributed by atoms with Gasteiger partial charge >= 0.3 is 5.97 Å². The number of hydrogen-bond acceptors (Lipinski definition) is 5. The van der Waals surface area contributed by atoms with Gasteiger partial charge in [-0.05, 0) is 18.6 Å². The topological polar surface area (TPSA) is 87.3 Å². The van der Waals surface area contributed by atoms with Crippen molar-refractivity contribution in [3.8, 4) is 0 Å². The average molecular weight is 301 g/mol. The van der Waals surface area contributed by atoms with Gasteiger partial charge in [-0.1, -0.05) is 12.1 Å². The second-order valence-corrected chi connectivity index (χ2v) is 4.49. The van der Waals surface area contributed by atoms with E-state index >= 15 is 0 Å². The minimum atomic E-state index is -0.525. The monoisotopic (exact) mass is 301 g/mol. The zero-order valence-corrected chi connectivity index (χ0v) is 12.2. The fourth-order valence-electron chi connectivity index (χ4n) is 1.94. The van der Waals surface area contributed by atoms with Crippen molar-refractivity contribution in [1.82, 2.24) is 9.55 Å². The maximum atomic E-state index is 12.1. The summed E-state index contributed by atoms with van der Waals surface area (Å²) in [6.45, 7) is 1.94. The van der Waals surface area contributed by atoms with Crippen LogP contribution in [0.5, 0.6) is 0 Å². The molecule has 1 aromatic carbocycles. The number of nitro groups is 1. The van der Waals surface area contributed by atoms with Crippen LogP contribution in [0.3, 0.4) is 0 Å². The van der Waals surface area contributed by atoms with E-state index in [1.165, 1.54) is 18.2 Å². The molecule has 22 heavy (non-hydrogen) atoms. The lowest BCUT2D eigenvalue weighted by Gasteiger charge is -2.07. The Kier molecular flexibility index (Phi) is 4.67. The Hall–Kier alpha value is -2.96. The van der Waals surface area contributed by atoms with E-state index in [2.05, 4.69) is 4.98 Å². The molecule has 1 heterocycles. The molecule has 2 rings (SSSR count). The lowest BCUT2D eigenvalue weighted by Crippen LogP contribution is -2.10. The van der Waals surface area contributed by atoms with Crippen molar-refractivity contribution in [3.63, 3.8) is 0 Å². The molecule has 0 N–H and O–H groups in total. The van der Waals surface area contributed by atoms with E-state index in [0.29, 0.717) is 11.4 Å². The number of benzene rings is 1. The number of rotatable bonds is 5. The highest BCUT2D eigenvalue weighted by Gasteiger charge is 2.18. The fourth-order valence-corrected chi connectivity index (χ4v) is 1.94. The molecule has 0 radical (unpaired) electrons. The van der Waals surface area contributed by atoms with Gasteiger partial charge in [-0.2, -0.15) is 0 Å². The van der Waals surface area contributed by atoms with Gasteiger partial charge in [-0.15, -0.1) is 0 Å². The molecule has 7 heteroatoms. The van der Waals surface area contributed by atoms with Gasteiger partial charge < -0.3 is 9.30 Å². The van der Waals surface area contributed by atoms with Crippen molar-refractivity contribution >= 4 is 23.3 Å². The van der Waals surface area contributed by atoms with Crippen molar-refractivity contribution in [2.24, 2.45) is 7.05 Å². The third-order valence-corrected chi connectivity index (χ3v) is 2.95. The maximum absolute atomic E-state index is 12.1. The van der Waals surface area contributed by atoms with Crippen LogP contribution in [-0.4, -0.2) is 27.1 Å². The van der Waals surface area contributed by atoms with Gasteiger partial charge in [0.05, 0.1) is 11.5 Å². The lowest BCUT2D eigenvalue weighted by molar-refractivity contribution is -0.384. The van der Waals surface area contributed by atoms with Crippen LogP contribution in [0.25, 0.3) is 11.6 Å². The number of ether oxygens (including phenoxy) is 1. The van der Waals surface area contributed by atoms with E-state index in [0.717, 1.165) is 0 Å². The number of nitrogens with zero attached hydrogens (tertiary/aromatic N) is 3. The number of esters is 1. The summed E-state index contributed by atoms with van der Waals surface area (Å²) in [4.78, 5) is 26.6. The van der Waals surface area contributed by atoms with Crippen LogP contribution in [-0.2, 0) is 16.6 Å². The molecule has 0 saturated carbocycles. The molecule has 0 aliphatic rings. The summed E-state index contributed by atoms with van der Waals surface area (Å²) < 4.78 is 6.72. The van der Waals surface area contributed by atoms with Gasteiger partial charge in [0.2, 0.25) is 0 Å². The maximum Gasteiger partial charge on any atom is 0.341 e. The smallest absolute Gasteiger partial charge is 0.341 e. The molecule has 114 valence electrons. The Morgan fingerprint density at radius 2 is 2.27 bits per heavy atom. The predicted octanol–water partition coefficient (Wildman–Crippen LogP) is 2.43. The van der Waals surface area contributed by atoms with Crippen molar-refractivity contribution < 1.29 is 14.5 Å². The number of hydrogen-bond donors (Lipinski definition) is 0. The predicted molar refractivity (Wildman–Crippen MR) is 80.8 cm³/mol. The summed E-state index contributed by atoms with van der Waals surface area (Å²) in [6.07, 6.45) is 4.80. The van der Waals surface area contributed by atoms with Gasteiger partial charge in [-0.25, -0.2) is 9.78 Å². The van der Waals surface area contributed by atoms with Gasteiger partial charge in [0, 0.05) is 31.6 Å². The van der Waals surface area contributed by atoms with E-state index in [1.807, 2.05) is 0 Å². The molecular weight excluding hydrogens is 286 g/mol. The Labute approximate surface area is 127 Å². The average Bonchev–Trinajstić information content (AvgIpc) is 2.91. The molecule has 7 nitrogen and oxygen atoms in total. The Morgan fingerprint density at radius 3 is 2.86 bits per heavy atom. The van der Waals surface area contributed by atoms with E-state index in [-0.39, 0.29) is 17.9 Å². The molecule has 0 fully saturated rings. The first kappa shape index (κ1) is 15.4. The van der Waals surface area contributed by atoms with E-state index in [4.69, 9.17) is 4.74 Å². The molecule has 1 aromatic heterocycles. The third-order valence-electron chi connectivity index (χ3n) is 2.95. The standard InChI is InChI=1S/C15H15N3O4/c1-3-22-15(19)13(14-16-7-8-17(14)2)10-11-5-4-6-12(9-11)18(20)21/h4-10H,3H2,1-2H3/b13-10+. The molecule has 2 aromatic rings. The highest BCUT2D eigenvalue weighted by Crippen LogP contribution is 2.21. The SMILES string of the molecule is CCOC(=O)/C(=C/c1cccc([N+](=O)[O-])c1)c1nccn1C. The Morgan fingerprint density at radius 1 is 1.50 bits per heavy atom. The number of carbonyl (C=O) groups excluding carboxylic acids is 1. The van der Waals surface area contributed by atoms with Gasteiger partial charge in [0.25, 0.3) is 5.69 Å². The van der Waals surface area contributed by atoms with Crippen LogP contribution in [0.2, 0.25) is 0 Å². The number of aromatic nitrogens is 2. The van der Waals surface area contributed by atoms with Crippen molar-refractivity contribution in [1.29, 1.82) is 0 Å². The first-order valence-corrected chi connectivity index (χ1v) is 6.64. The molecule has 0 unspecified atom stereocenters. The Bertz CT molecular complexity index is 734. The first-order chi connectivity index (χ1) is 10.5. The van der Waals surface area contributed by atoms with Crippen LogP contribution in [0.1, 0.15) is 18.3 Å². The molecule has 0 saturated heterocycles. The van der Waals surface area contributed by atoms with Crippen LogP contribution >= 0.6 is 0 Å². The highest BCUT2D eigenvalue weighted by molar-refractivity contribution is 6.20. The number of carbonyl (C=O) groups is 1. The van der Waals surface area contributed by atoms with Crippen LogP contribution in [0.4, 0.5) is 5.69 Å². The molecule has 0 atom stereocenters. The van der Waals surface area contributed by atoms with Crippen molar-refractivity contribution in [3.05, 3.63) is 58.2 Å². The molecule has 0 spiro atoms. The summed E-state index contributed by atoms with van der Waals surface area (Å²) in [6, 6.07) is 6.02. The van der Waals surface area contributed by atoms with Gasteiger partial charge in [-0.3, -0.25) is 10.1 Å². The number of imidazole rings is 1. The molecule has 0 aliphatic carbocycles. The van der Waals surface area contributed by atoms with Crippen LogP contribution < -0.4 is 0 Å². The minimum Gasteiger partial charge on any atom is -0.462 e. The third kappa shape index (κ3) is 3.38. The summed E-state index contributed by atoms with van der Waals surface area (Å²) in [5.74, 6) is -0.0896. The fraction of sp³-hybridized carbons (Fsp3) is 0.200. The summed E-state index contributed by atoms with van der Waals surface area (Å²) in [7, 11) is 1.75. The zero-order chi connectivity index (χ0) is 16.1. The molecule has 0 aliphatic heterocycles. The zero-order valence-electron chi connectivity index (χ0n) is 12.2. The normalized spacial score (nSPS) is 11.3. The largest absolute Gasteiger partial charge is 0.462 e. The lowest BCUT2D eigenvalue weighted by atomic mass is 10.1. The summed E-state index contributed by atoms with van der Waals surface area (Å²) >= 11 is 0. The van der Waals surface area contributed by atoms with E-state index < -0.39 is 10.9 Å². The van der Waals surface area contributed by atoms with E-state index in [9.17, 15) is 14.9 Å². The van der Waals surface area contributed by atoms with Gasteiger partial charge in [0.1, 0.15) is 11.4 Å². The number of non-ortho nitro benzene ring substituents is 1. The second-order valence-electron chi connectivity index (χ2n) is 4.49. The quantitative estimate of drug-likeness (QED) is 0.366. The van der Waals surface area contributed by atoms with E-state index in [1.54, 1.807) is 43.1 Å². The first-order valence-electron chi connectivity index (χ1n) is 6.64. The number of nitro benzene ring substituents is 1. The van der Waals surface area contributed by atoms with Crippen LogP contribution in [0.15, 0.2) is 36.7 Å². The van der Waals surface area contributed by atoms with Crippen molar-refractivity contribution in [2.45, 2.75) is 6.92 Å². The molecule has 0 bridgehead atoms. The number of aryl methyl sites for hydroxylation is 1. The molecular formula is C15H15N3O4. The summed E-state index contributed by atoms with van der Waals surface area (Å²) in [5.41, 5.74) is 0.729. The second kappa shape index (κ2) is 6.66. The van der Waals surface area contributed by atoms with Crippen LogP contribution in [0, 0.1) is 10.1 Å². The molecule has 0 amide bonds. The van der Waals surface area contributed by atoms with Gasteiger partial charge in [0.15, 0.2) is 0 Å². The summed E-state index contributed by atoms with van der Waals surface area (Å²) in [5, 5.41) is 10.8.